The number of fused-ring (bicyclic) bond motifs is 1. The van der Waals surface area contributed by atoms with Crippen molar-refractivity contribution in [1.29, 1.82) is 5.26 Å². The minimum absolute atomic E-state index is 0.0420. The van der Waals surface area contributed by atoms with Crippen LogP contribution in [0.4, 0.5) is 10.1 Å². The maximum Gasteiger partial charge on any atom is 0.272 e. The van der Waals surface area contributed by atoms with Crippen molar-refractivity contribution in [3.63, 3.8) is 0 Å². The molecule has 9 nitrogen and oxygen atoms in total. The summed E-state index contributed by atoms with van der Waals surface area (Å²) >= 11 is 25.5. The Morgan fingerprint density at radius 3 is 2.36 bits per heavy atom. The van der Waals surface area contributed by atoms with E-state index in [4.69, 9.17) is 51.4 Å². The monoisotopic (exact) mass is 718 g/mol. The van der Waals surface area contributed by atoms with Gasteiger partial charge in [-0.3, -0.25) is 19.1 Å². The van der Waals surface area contributed by atoms with Crippen LogP contribution in [-0.2, 0) is 4.79 Å². The summed E-state index contributed by atoms with van der Waals surface area (Å²) in [5.41, 5.74) is -0.00268. The molecule has 1 amide bonds. The number of benzene rings is 1. The number of hydrogen-bond acceptors (Lipinski definition) is 7. The first-order valence-electron chi connectivity index (χ1n) is 14.8. The number of halogens is 5. The highest BCUT2D eigenvalue weighted by molar-refractivity contribution is 6.46. The number of carbonyl (C=O) groups is 1. The SMILES string of the molecule is C=CC(=O)N1[C@H](C)CN(c2c(C#N)c(=O)n(C3C(C(C)C)=NC=C[C@H]3C)c3nc(-c4c(O)c(Cl)c(F)c(Cl)c4Cl)c(Cl)cc23)C[C@@H]1C. The van der Waals surface area contributed by atoms with Gasteiger partial charge in [-0.05, 0) is 31.9 Å². The van der Waals surface area contributed by atoms with Gasteiger partial charge in [0.15, 0.2) is 5.82 Å². The van der Waals surface area contributed by atoms with Crippen LogP contribution >= 0.6 is 46.4 Å². The van der Waals surface area contributed by atoms with E-state index in [9.17, 15) is 24.3 Å². The fourth-order valence-electron chi connectivity index (χ4n) is 6.61. The average Bonchev–Trinajstić information content (AvgIpc) is 3.02. The normalized spacial score (nSPS) is 21.3. The van der Waals surface area contributed by atoms with E-state index >= 15 is 0 Å². The number of amides is 1. The Hall–Kier alpha value is -3.62. The van der Waals surface area contributed by atoms with Crippen LogP contribution in [-0.4, -0.2) is 56.3 Å². The van der Waals surface area contributed by atoms with Gasteiger partial charge in [-0.15, -0.1) is 0 Å². The van der Waals surface area contributed by atoms with Gasteiger partial charge < -0.3 is 14.9 Å². The molecule has 1 aromatic carbocycles. The van der Waals surface area contributed by atoms with Gasteiger partial charge in [0.1, 0.15) is 28.1 Å². The summed E-state index contributed by atoms with van der Waals surface area (Å²) in [5, 5.41) is 20.2. The fourth-order valence-corrected chi connectivity index (χ4v) is 7.54. The second-order valence-corrected chi connectivity index (χ2v) is 13.6. The molecule has 4 atom stereocenters. The number of allylic oxidation sites excluding steroid dienone is 1. The minimum Gasteiger partial charge on any atom is -0.506 e. The summed E-state index contributed by atoms with van der Waals surface area (Å²) in [5.74, 6) is -2.42. The quantitative estimate of drug-likeness (QED) is 0.164. The van der Waals surface area contributed by atoms with Crippen LogP contribution in [0.15, 0.2) is 40.8 Å². The predicted octanol–water partition coefficient (Wildman–Crippen LogP) is 7.81. The number of nitrogens with zero attached hydrogens (tertiary/aromatic N) is 6. The van der Waals surface area contributed by atoms with Gasteiger partial charge in [-0.1, -0.05) is 79.8 Å². The van der Waals surface area contributed by atoms with Crippen molar-refractivity contribution in [2.75, 3.05) is 18.0 Å². The van der Waals surface area contributed by atoms with Crippen molar-refractivity contribution >= 4 is 74.7 Å². The van der Waals surface area contributed by atoms with Crippen LogP contribution in [0, 0.1) is 29.0 Å². The molecule has 3 aromatic rings. The molecule has 4 heterocycles. The molecule has 2 aromatic heterocycles. The minimum atomic E-state index is -1.12. The second-order valence-electron chi connectivity index (χ2n) is 12.1. The Morgan fingerprint density at radius 1 is 1.15 bits per heavy atom. The summed E-state index contributed by atoms with van der Waals surface area (Å²) in [7, 11) is 0. The summed E-state index contributed by atoms with van der Waals surface area (Å²) in [6, 6.07) is 2.39. The van der Waals surface area contributed by atoms with Gasteiger partial charge in [0.25, 0.3) is 5.56 Å². The Morgan fingerprint density at radius 2 is 1.79 bits per heavy atom. The number of phenolic OH excluding ortho intramolecular Hbond substituents is 1. The molecule has 2 aliphatic rings. The number of pyridine rings is 2. The number of nitriles is 1. The Bertz CT molecular complexity index is 1960. The molecule has 0 spiro atoms. The number of aliphatic imine (C=N–C) groups is 1. The maximum atomic E-state index is 14.6. The molecular formula is C33H31Cl4FN6O3. The molecule has 246 valence electrons. The van der Waals surface area contributed by atoms with E-state index < -0.39 is 33.2 Å². The maximum absolute atomic E-state index is 14.6. The topological polar surface area (TPSA) is 115 Å². The smallest absolute Gasteiger partial charge is 0.272 e. The number of phenols is 1. The lowest BCUT2D eigenvalue weighted by Gasteiger charge is -2.45. The molecule has 1 N–H and O–H groups in total. The largest absolute Gasteiger partial charge is 0.506 e. The molecular weight excluding hydrogens is 689 g/mol. The lowest BCUT2D eigenvalue weighted by Crippen LogP contribution is -2.58. The van der Waals surface area contributed by atoms with Crippen LogP contribution < -0.4 is 10.5 Å². The molecule has 1 saturated heterocycles. The molecule has 5 rings (SSSR count). The summed E-state index contributed by atoms with van der Waals surface area (Å²) in [6.07, 6.45) is 4.80. The molecule has 0 aliphatic carbocycles. The molecule has 14 heteroatoms. The van der Waals surface area contributed by atoms with E-state index in [2.05, 4.69) is 17.6 Å². The molecule has 1 unspecified atom stereocenters. The molecule has 47 heavy (non-hydrogen) atoms. The Labute approximate surface area is 291 Å². The van der Waals surface area contributed by atoms with Crippen molar-refractivity contribution in [3.05, 3.63) is 72.8 Å². The molecule has 1 fully saturated rings. The number of anilines is 1. The van der Waals surface area contributed by atoms with Gasteiger partial charge >= 0.3 is 0 Å². The van der Waals surface area contributed by atoms with E-state index in [1.807, 2.05) is 45.6 Å². The number of hydrogen-bond donors (Lipinski definition) is 1. The number of aromatic nitrogens is 2. The Balaban J connectivity index is 1.91. The van der Waals surface area contributed by atoms with Crippen molar-refractivity contribution in [2.24, 2.45) is 16.8 Å². The zero-order valence-corrected chi connectivity index (χ0v) is 29.2. The van der Waals surface area contributed by atoms with Gasteiger partial charge in [-0.2, -0.15) is 5.26 Å². The van der Waals surface area contributed by atoms with E-state index in [1.165, 1.54) is 16.7 Å². The van der Waals surface area contributed by atoms with E-state index in [1.54, 1.807) is 11.1 Å². The van der Waals surface area contributed by atoms with Crippen LogP contribution in [0.25, 0.3) is 22.3 Å². The number of carbonyl (C=O) groups excluding carboxylic acids is 1. The van der Waals surface area contributed by atoms with Crippen molar-refractivity contribution in [3.8, 4) is 23.1 Å². The highest BCUT2D eigenvalue weighted by atomic mass is 35.5. The summed E-state index contributed by atoms with van der Waals surface area (Å²) in [4.78, 5) is 40.3. The van der Waals surface area contributed by atoms with E-state index in [0.29, 0.717) is 16.8 Å². The van der Waals surface area contributed by atoms with Crippen molar-refractivity contribution in [1.82, 2.24) is 14.5 Å². The summed E-state index contributed by atoms with van der Waals surface area (Å²) in [6.45, 7) is 13.8. The first-order valence-corrected chi connectivity index (χ1v) is 16.3. The lowest BCUT2D eigenvalue weighted by atomic mass is 9.88. The third-order valence-corrected chi connectivity index (χ3v) is 10.1. The molecule has 0 bridgehead atoms. The molecule has 2 aliphatic heterocycles. The molecule has 0 saturated carbocycles. The van der Waals surface area contributed by atoms with Crippen LogP contribution in [0.2, 0.25) is 20.1 Å². The number of aromatic hydroxyl groups is 1. The number of piperazine rings is 1. The van der Waals surface area contributed by atoms with Crippen molar-refractivity contribution < 1.29 is 14.3 Å². The number of rotatable bonds is 5. The van der Waals surface area contributed by atoms with Gasteiger partial charge in [0, 0.05) is 48.4 Å². The van der Waals surface area contributed by atoms with Crippen LogP contribution in [0.1, 0.15) is 46.2 Å². The predicted molar refractivity (Wildman–Crippen MR) is 186 cm³/mol. The van der Waals surface area contributed by atoms with E-state index in [0.717, 1.165) is 0 Å². The van der Waals surface area contributed by atoms with Gasteiger partial charge in [0.2, 0.25) is 5.91 Å². The lowest BCUT2D eigenvalue weighted by molar-refractivity contribution is -0.130. The third kappa shape index (κ3) is 5.67. The fraction of sp³-hybridized carbons (Fsp3) is 0.364. The average molecular weight is 720 g/mol. The zero-order chi connectivity index (χ0) is 34.6. The van der Waals surface area contributed by atoms with Gasteiger partial charge in [0.05, 0.1) is 38.1 Å². The highest BCUT2D eigenvalue weighted by Gasteiger charge is 2.37. The Kier molecular flexibility index (Phi) is 9.69. The second kappa shape index (κ2) is 13.1. The van der Waals surface area contributed by atoms with E-state index in [-0.39, 0.29) is 75.4 Å². The first-order chi connectivity index (χ1) is 22.2. The van der Waals surface area contributed by atoms with Gasteiger partial charge in [-0.25, -0.2) is 9.37 Å². The zero-order valence-electron chi connectivity index (χ0n) is 26.2. The summed E-state index contributed by atoms with van der Waals surface area (Å²) < 4.78 is 16.1. The molecule has 0 radical (unpaired) electrons. The van der Waals surface area contributed by atoms with Crippen molar-refractivity contribution in [2.45, 2.75) is 52.7 Å². The standard InChI is InChI=1S/C33H31Cl4FN6O3/c1-7-21(45)43-16(5)12-42(13-17(43)6)30-18-10-20(34)28(22-23(35)24(36)26(38)25(37)31(22)46)41-32(18)44(33(47)19(30)11-39)29-15(4)8-9-40-27(29)14(2)3/h7-10,14-17,29,46H,1,12-13H2,2-6H3/t15-,16-,17+,29?/m1/s1. The highest BCUT2D eigenvalue weighted by Crippen LogP contribution is 2.49. The first kappa shape index (κ1) is 34.7. The van der Waals surface area contributed by atoms with Crippen LogP contribution in [0.5, 0.6) is 5.75 Å². The van der Waals surface area contributed by atoms with Crippen LogP contribution in [0.3, 0.4) is 0 Å². The third-order valence-electron chi connectivity index (χ3n) is 8.65.